The lowest BCUT2D eigenvalue weighted by Crippen LogP contribution is -2.40. The van der Waals surface area contributed by atoms with Crippen molar-refractivity contribution in [2.75, 3.05) is 39.8 Å². The van der Waals surface area contributed by atoms with Crippen LogP contribution in [0.5, 0.6) is 5.75 Å². The molecule has 1 aliphatic heterocycles. The van der Waals surface area contributed by atoms with Gasteiger partial charge in [-0.05, 0) is 51.1 Å². The lowest BCUT2D eigenvalue weighted by Gasteiger charge is -2.31. The van der Waals surface area contributed by atoms with E-state index in [4.69, 9.17) is 4.74 Å². The van der Waals surface area contributed by atoms with Gasteiger partial charge in [0.15, 0.2) is 0 Å². The first-order valence-corrected chi connectivity index (χ1v) is 10.9. The summed E-state index contributed by atoms with van der Waals surface area (Å²) < 4.78 is 8.42. The van der Waals surface area contributed by atoms with E-state index in [1.165, 1.54) is 15.7 Å². The summed E-state index contributed by atoms with van der Waals surface area (Å²) >= 11 is 1.87. The molecule has 1 aliphatic rings. The minimum Gasteiger partial charge on any atom is -0.490 e. The smallest absolute Gasteiger partial charge is 0.243 e. The molecule has 0 bridgehead atoms. The van der Waals surface area contributed by atoms with Gasteiger partial charge < -0.3 is 19.7 Å². The van der Waals surface area contributed by atoms with Gasteiger partial charge in [0.2, 0.25) is 5.91 Å². The maximum Gasteiger partial charge on any atom is 0.243 e. The highest BCUT2D eigenvalue weighted by Crippen LogP contribution is 2.35. The van der Waals surface area contributed by atoms with Crippen LogP contribution in [-0.2, 0) is 9.59 Å². The van der Waals surface area contributed by atoms with E-state index in [1.54, 1.807) is 0 Å². The Labute approximate surface area is 183 Å². The van der Waals surface area contributed by atoms with Gasteiger partial charge in [0.1, 0.15) is 12.0 Å². The van der Waals surface area contributed by atoms with Crippen molar-refractivity contribution in [3.05, 3.63) is 49.1 Å². The molecule has 1 saturated heterocycles. The van der Waals surface area contributed by atoms with Crippen LogP contribution in [0.15, 0.2) is 53.9 Å². The molecule has 0 atom stereocenters. The zero-order chi connectivity index (χ0) is 21.9. The lowest BCUT2D eigenvalue weighted by molar-refractivity contribution is -0.118. The first-order valence-electron chi connectivity index (χ1n) is 10.1. The number of ether oxygens (including phenoxy) is 1. The Balaban J connectivity index is 0.000000343. The molecule has 2 aromatic carbocycles. The number of amides is 1. The second-order valence-corrected chi connectivity index (χ2v) is 8.35. The van der Waals surface area contributed by atoms with Crippen molar-refractivity contribution < 1.29 is 14.3 Å². The highest BCUT2D eigenvalue weighted by molar-refractivity contribution is 7.97. The Bertz CT molecular complexity index is 849. The summed E-state index contributed by atoms with van der Waals surface area (Å²) in [7, 11) is 2.19. The van der Waals surface area contributed by atoms with Crippen molar-refractivity contribution in [2.45, 2.75) is 24.8 Å². The third-order valence-electron chi connectivity index (χ3n) is 4.44. The summed E-state index contributed by atoms with van der Waals surface area (Å²) in [6.45, 7) is 11.9. The van der Waals surface area contributed by atoms with Gasteiger partial charge >= 0.3 is 0 Å². The van der Waals surface area contributed by atoms with Gasteiger partial charge in [0.05, 0.1) is 12.6 Å². The molecule has 30 heavy (non-hydrogen) atoms. The van der Waals surface area contributed by atoms with Crippen molar-refractivity contribution in [1.82, 2.24) is 14.5 Å². The van der Waals surface area contributed by atoms with E-state index in [0.29, 0.717) is 6.29 Å². The van der Waals surface area contributed by atoms with Gasteiger partial charge in [-0.15, -0.1) is 0 Å². The van der Waals surface area contributed by atoms with Crippen LogP contribution in [0.25, 0.3) is 10.8 Å². The molecular formula is C23H31N3O3S. The second kappa shape index (κ2) is 12.4. The third kappa shape index (κ3) is 7.48. The van der Waals surface area contributed by atoms with Crippen molar-refractivity contribution in [3.8, 4) is 5.75 Å². The first-order chi connectivity index (χ1) is 14.4. The first kappa shape index (κ1) is 23.9. The molecule has 0 radical (unpaired) electrons. The maximum atomic E-state index is 10.2. The molecule has 0 saturated carbocycles. The molecule has 0 spiro atoms. The van der Waals surface area contributed by atoms with Crippen LogP contribution in [0.1, 0.15) is 13.8 Å². The molecule has 1 heterocycles. The topological polar surface area (TPSA) is 61.9 Å². The molecule has 0 aromatic heterocycles. The normalized spacial score (nSPS) is 14.7. The number of fused-ring (bicyclic) bond motifs is 1. The van der Waals surface area contributed by atoms with Crippen LogP contribution in [0, 0.1) is 0 Å². The minimum absolute atomic E-state index is 0.0604. The Kier molecular flexibility index (Phi) is 9.86. The number of nitrogens with zero attached hydrogens (tertiary/aromatic N) is 2. The van der Waals surface area contributed by atoms with Crippen molar-refractivity contribution in [3.63, 3.8) is 0 Å². The van der Waals surface area contributed by atoms with Crippen LogP contribution in [-0.4, -0.2) is 67.3 Å². The summed E-state index contributed by atoms with van der Waals surface area (Å²) in [6, 6.07) is 12.8. The largest absolute Gasteiger partial charge is 0.490 e. The fraction of sp³-hybridized carbons (Fsp3) is 0.391. The van der Waals surface area contributed by atoms with E-state index in [-0.39, 0.29) is 18.6 Å². The average molecular weight is 430 g/mol. The van der Waals surface area contributed by atoms with Crippen molar-refractivity contribution in [2.24, 2.45) is 0 Å². The fourth-order valence-corrected chi connectivity index (χ4v) is 3.96. The lowest BCUT2D eigenvalue weighted by atomic mass is 10.1. The van der Waals surface area contributed by atoms with Crippen LogP contribution in [0.2, 0.25) is 0 Å². The van der Waals surface area contributed by atoms with Gasteiger partial charge in [-0.3, -0.25) is 4.79 Å². The Hall–Kier alpha value is -2.35. The SMILES string of the molecule is C=CC(=O)NCC=O.CC(C)Oc1cccc2c(SN3CCN(C)CC3)cccc12. The zero-order valence-corrected chi connectivity index (χ0v) is 18.8. The number of likely N-dealkylation sites (N-methyl/N-ethyl adjacent to an activating group) is 1. The van der Waals surface area contributed by atoms with E-state index in [2.05, 4.69) is 78.4 Å². The maximum absolute atomic E-state index is 10.2. The van der Waals surface area contributed by atoms with Crippen LogP contribution < -0.4 is 10.1 Å². The molecule has 1 fully saturated rings. The Morgan fingerprint density at radius 2 is 1.83 bits per heavy atom. The minimum atomic E-state index is -0.322. The number of carbonyl (C=O) groups is 2. The number of piperazine rings is 1. The number of nitrogens with one attached hydrogen (secondary N) is 1. The van der Waals surface area contributed by atoms with Crippen LogP contribution >= 0.6 is 11.9 Å². The van der Waals surface area contributed by atoms with Crippen LogP contribution in [0.4, 0.5) is 0 Å². The summed E-state index contributed by atoms with van der Waals surface area (Å²) in [4.78, 5) is 23.5. The monoisotopic (exact) mass is 429 g/mol. The molecule has 1 amide bonds. The second-order valence-electron chi connectivity index (χ2n) is 7.21. The quantitative estimate of drug-likeness (QED) is 0.414. The number of benzene rings is 2. The number of carbonyl (C=O) groups excluding carboxylic acids is 2. The fourth-order valence-electron chi connectivity index (χ4n) is 2.92. The molecule has 6 nitrogen and oxygen atoms in total. The predicted octanol–water partition coefficient (Wildman–Crippen LogP) is 3.37. The third-order valence-corrected chi connectivity index (χ3v) is 5.62. The van der Waals surface area contributed by atoms with E-state index in [9.17, 15) is 9.59 Å². The van der Waals surface area contributed by atoms with Crippen molar-refractivity contribution >= 4 is 34.9 Å². The van der Waals surface area contributed by atoms with E-state index >= 15 is 0 Å². The Morgan fingerprint density at radius 3 is 2.47 bits per heavy atom. The molecule has 7 heteroatoms. The molecule has 1 N–H and O–H groups in total. The van der Waals surface area contributed by atoms with Gasteiger partial charge in [-0.2, -0.15) is 0 Å². The summed E-state index contributed by atoms with van der Waals surface area (Å²) in [5.74, 6) is 0.658. The zero-order valence-electron chi connectivity index (χ0n) is 18.0. The molecular weight excluding hydrogens is 398 g/mol. The van der Waals surface area contributed by atoms with Gasteiger partial charge in [0.25, 0.3) is 0 Å². The van der Waals surface area contributed by atoms with E-state index in [0.717, 1.165) is 38.0 Å². The number of aldehydes is 1. The number of hydrogen-bond donors (Lipinski definition) is 1. The highest BCUT2D eigenvalue weighted by Gasteiger charge is 2.16. The number of rotatable bonds is 7. The molecule has 3 rings (SSSR count). The molecule has 162 valence electrons. The van der Waals surface area contributed by atoms with E-state index < -0.39 is 0 Å². The van der Waals surface area contributed by atoms with Crippen molar-refractivity contribution in [1.29, 1.82) is 0 Å². The summed E-state index contributed by atoms with van der Waals surface area (Å²) in [5, 5.41) is 4.74. The van der Waals surface area contributed by atoms with Gasteiger partial charge in [-0.25, -0.2) is 4.31 Å². The van der Waals surface area contributed by atoms with Gasteiger partial charge in [-0.1, -0.05) is 30.8 Å². The molecule has 0 unspecified atom stereocenters. The van der Waals surface area contributed by atoms with E-state index in [1.807, 2.05) is 11.9 Å². The Morgan fingerprint density at radius 1 is 1.17 bits per heavy atom. The molecule has 2 aromatic rings. The summed E-state index contributed by atoms with van der Waals surface area (Å²) in [6.07, 6.45) is 1.92. The molecule has 0 aliphatic carbocycles. The standard InChI is InChI=1S/C18H24N2OS.C5H7NO2/c1-14(2)21-17-8-4-7-16-15(17)6-5-9-18(16)22-20-12-10-19(3)11-13-20;1-2-5(8)6-3-4-7/h4-9,14H,10-13H2,1-3H3;2,4H,1,3H2,(H,6,8). The average Bonchev–Trinajstić information content (AvgIpc) is 2.74. The highest BCUT2D eigenvalue weighted by atomic mass is 32.2. The predicted molar refractivity (Wildman–Crippen MR) is 124 cm³/mol. The number of hydrogen-bond acceptors (Lipinski definition) is 6. The van der Waals surface area contributed by atoms with Crippen LogP contribution in [0.3, 0.4) is 0 Å². The summed E-state index contributed by atoms with van der Waals surface area (Å²) in [5.41, 5.74) is 0. The van der Waals surface area contributed by atoms with Gasteiger partial charge in [0, 0.05) is 41.8 Å².